The highest BCUT2D eigenvalue weighted by Gasteiger charge is 2.26. The van der Waals surface area contributed by atoms with Gasteiger partial charge in [-0.15, -0.1) is 0 Å². The minimum Gasteiger partial charge on any atom is -0.493 e. The molecule has 0 spiro atoms. The fourth-order valence-electron chi connectivity index (χ4n) is 2.89. The Kier molecular flexibility index (Phi) is 7.28. The van der Waals surface area contributed by atoms with Gasteiger partial charge in [-0.25, -0.2) is 4.79 Å². The molecule has 1 unspecified atom stereocenters. The molecule has 2 aromatic rings. The zero-order chi connectivity index (χ0) is 20.7. The largest absolute Gasteiger partial charge is 0.493 e. The highest BCUT2D eigenvalue weighted by molar-refractivity contribution is 5.82. The van der Waals surface area contributed by atoms with Crippen molar-refractivity contribution in [2.45, 2.75) is 39.8 Å². The van der Waals surface area contributed by atoms with Crippen LogP contribution in [0.5, 0.6) is 11.5 Å². The Bertz CT molecular complexity index is 854. The molecule has 2 aromatic carbocycles. The first-order valence-electron chi connectivity index (χ1n) is 9.18. The van der Waals surface area contributed by atoms with Gasteiger partial charge in [0.1, 0.15) is 0 Å². The lowest BCUT2D eigenvalue weighted by Gasteiger charge is -2.23. The highest BCUT2D eigenvalue weighted by Crippen LogP contribution is 2.37. The minimum atomic E-state index is -0.727. The van der Waals surface area contributed by atoms with Crippen molar-refractivity contribution in [3.8, 4) is 17.6 Å². The van der Waals surface area contributed by atoms with Gasteiger partial charge in [0.25, 0.3) is 0 Å². The van der Waals surface area contributed by atoms with E-state index in [1.165, 1.54) is 0 Å². The number of benzene rings is 2. The molecule has 1 N–H and O–H groups in total. The summed E-state index contributed by atoms with van der Waals surface area (Å²) < 4.78 is 16.6. The van der Waals surface area contributed by atoms with Crippen LogP contribution in [0.3, 0.4) is 0 Å². The number of methoxy groups -OCH3 is 1. The lowest BCUT2D eigenvalue weighted by Crippen LogP contribution is -2.24. The highest BCUT2D eigenvalue weighted by atomic mass is 16.5. The second-order valence-electron chi connectivity index (χ2n) is 6.50. The third kappa shape index (κ3) is 4.95. The van der Waals surface area contributed by atoms with E-state index in [1.54, 1.807) is 44.4 Å². The van der Waals surface area contributed by atoms with Gasteiger partial charge in [0.2, 0.25) is 0 Å². The Labute approximate surface area is 166 Å². The first-order chi connectivity index (χ1) is 13.4. The monoisotopic (exact) mass is 382 g/mol. The Hall–Kier alpha value is -3.20. The van der Waals surface area contributed by atoms with Crippen LogP contribution in [-0.4, -0.2) is 25.8 Å². The Morgan fingerprint density at radius 3 is 2.39 bits per heavy atom. The number of anilines is 1. The summed E-state index contributed by atoms with van der Waals surface area (Å²) in [4.78, 5) is 12.7. The van der Waals surface area contributed by atoms with Crippen LogP contribution in [0.1, 0.15) is 43.5 Å². The predicted octanol–water partition coefficient (Wildman–Crippen LogP) is 4.38. The number of carbonyl (C=O) groups is 1. The van der Waals surface area contributed by atoms with Crippen molar-refractivity contribution in [1.82, 2.24) is 0 Å². The summed E-state index contributed by atoms with van der Waals surface area (Å²) in [6.07, 6.45) is -0.00298. The molecule has 0 amide bonds. The average Bonchev–Trinajstić information content (AvgIpc) is 2.67. The first-order valence-corrected chi connectivity index (χ1v) is 9.18. The van der Waals surface area contributed by atoms with Crippen LogP contribution in [0.4, 0.5) is 5.69 Å². The molecule has 0 aliphatic rings. The normalized spacial score (nSPS) is 11.5. The maximum absolute atomic E-state index is 12.7. The summed E-state index contributed by atoms with van der Waals surface area (Å²) in [5.74, 6) is 0.816. The van der Waals surface area contributed by atoms with Crippen LogP contribution >= 0.6 is 0 Å². The topological polar surface area (TPSA) is 80.6 Å². The summed E-state index contributed by atoms with van der Waals surface area (Å²) in [5, 5.41) is 12.2. The van der Waals surface area contributed by atoms with E-state index < -0.39 is 12.0 Å². The van der Waals surface area contributed by atoms with E-state index in [0.29, 0.717) is 22.7 Å². The predicted molar refractivity (Wildman–Crippen MR) is 108 cm³/mol. The molecule has 0 saturated carbocycles. The molecular formula is C22H26N2O4. The molecule has 0 heterocycles. The minimum absolute atomic E-state index is 0.00298. The van der Waals surface area contributed by atoms with Crippen LogP contribution in [0.15, 0.2) is 36.4 Å². The SMILES string of the molecule is CCOC(=O)C(Nc1ccc(C#N)cc1)c1ccc(OC(C)C)c(OC)c1C. The van der Waals surface area contributed by atoms with Crippen molar-refractivity contribution in [1.29, 1.82) is 5.26 Å². The molecule has 0 radical (unpaired) electrons. The maximum atomic E-state index is 12.7. The van der Waals surface area contributed by atoms with Gasteiger partial charge < -0.3 is 19.5 Å². The van der Waals surface area contributed by atoms with Crippen LogP contribution < -0.4 is 14.8 Å². The molecule has 6 heteroatoms. The van der Waals surface area contributed by atoms with Crippen LogP contribution in [0.2, 0.25) is 0 Å². The molecule has 0 fully saturated rings. The average molecular weight is 382 g/mol. The summed E-state index contributed by atoms with van der Waals surface area (Å²) in [7, 11) is 1.58. The summed E-state index contributed by atoms with van der Waals surface area (Å²) >= 11 is 0. The molecule has 1 atom stereocenters. The molecule has 0 aliphatic heterocycles. The van der Waals surface area contributed by atoms with Gasteiger partial charge in [-0.3, -0.25) is 0 Å². The number of ether oxygens (including phenoxy) is 3. The van der Waals surface area contributed by atoms with E-state index in [9.17, 15) is 4.79 Å². The number of rotatable bonds is 8. The van der Waals surface area contributed by atoms with Crippen molar-refractivity contribution in [3.63, 3.8) is 0 Å². The summed E-state index contributed by atoms with van der Waals surface area (Å²) in [6.45, 7) is 7.81. The van der Waals surface area contributed by atoms with Gasteiger partial charge >= 0.3 is 5.97 Å². The summed E-state index contributed by atoms with van der Waals surface area (Å²) in [5.41, 5.74) is 2.78. The van der Waals surface area contributed by atoms with Crippen molar-refractivity contribution in [2.75, 3.05) is 19.0 Å². The van der Waals surface area contributed by atoms with Crippen molar-refractivity contribution >= 4 is 11.7 Å². The van der Waals surface area contributed by atoms with Gasteiger partial charge in [0.15, 0.2) is 17.5 Å². The molecule has 0 saturated heterocycles. The van der Waals surface area contributed by atoms with E-state index in [2.05, 4.69) is 11.4 Å². The Morgan fingerprint density at radius 2 is 1.86 bits per heavy atom. The molecule has 148 valence electrons. The molecule has 28 heavy (non-hydrogen) atoms. The number of hydrogen-bond acceptors (Lipinski definition) is 6. The van der Waals surface area contributed by atoms with Gasteiger partial charge in [0.05, 0.1) is 31.5 Å². The van der Waals surface area contributed by atoms with Crippen molar-refractivity contribution in [2.24, 2.45) is 0 Å². The molecule has 0 aliphatic carbocycles. The molecular weight excluding hydrogens is 356 g/mol. The number of hydrogen-bond donors (Lipinski definition) is 1. The van der Waals surface area contributed by atoms with E-state index in [0.717, 1.165) is 11.1 Å². The molecule has 6 nitrogen and oxygen atoms in total. The van der Waals surface area contributed by atoms with Crippen LogP contribution in [0.25, 0.3) is 0 Å². The fourth-order valence-corrected chi connectivity index (χ4v) is 2.89. The molecule has 2 rings (SSSR count). The molecule has 0 bridgehead atoms. The van der Waals surface area contributed by atoms with Crippen molar-refractivity contribution < 1.29 is 19.0 Å². The van der Waals surface area contributed by atoms with Gasteiger partial charge in [-0.05, 0) is 63.6 Å². The maximum Gasteiger partial charge on any atom is 0.333 e. The second kappa shape index (κ2) is 9.65. The fraction of sp³-hybridized carbons (Fsp3) is 0.364. The zero-order valence-corrected chi connectivity index (χ0v) is 16.9. The van der Waals surface area contributed by atoms with Crippen molar-refractivity contribution in [3.05, 3.63) is 53.1 Å². The number of carbonyl (C=O) groups excluding carboxylic acids is 1. The third-order valence-electron chi connectivity index (χ3n) is 4.14. The van der Waals surface area contributed by atoms with E-state index in [4.69, 9.17) is 19.5 Å². The Balaban J connectivity index is 2.45. The lowest BCUT2D eigenvalue weighted by molar-refractivity contribution is -0.144. The van der Waals surface area contributed by atoms with E-state index in [-0.39, 0.29) is 12.7 Å². The Morgan fingerprint density at radius 1 is 1.18 bits per heavy atom. The number of nitriles is 1. The summed E-state index contributed by atoms with van der Waals surface area (Å²) in [6, 6.07) is 11.9. The van der Waals surface area contributed by atoms with E-state index in [1.807, 2.05) is 26.8 Å². The first kappa shape index (κ1) is 21.1. The zero-order valence-electron chi connectivity index (χ0n) is 16.9. The quantitative estimate of drug-likeness (QED) is 0.683. The number of esters is 1. The smallest absolute Gasteiger partial charge is 0.333 e. The number of nitrogens with zero attached hydrogens (tertiary/aromatic N) is 1. The third-order valence-corrected chi connectivity index (χ3v) is 4.14. The van der Waals surface area contributed by atoms with Gasteiger partial charge in [-0.2, -0.15) is 5.26 Å². The van der Waals surface area contributed by atoms with Gasteiger partial charge in [0, 0.05) is 11.3 Å². The lowest BCUT2D eigenvalue weighted by atomic mass is 9.99. The standard InChI is InChI=1S/C22H26N2O4/c1-6-27-22(25)20(24-17-9-7-16(13-23)8-10-17)18-11-12-19(28-14(2)3)21(26-5)15(18)4/h7-12,14,20,24H,6H2,1-5H3. The number of nitrogens with one attached hydrogen (secondary N) is 1. The second-order valence-corrected chi connectivity index (χ2v) is 6.50. The van der Waals surface area contributed by atoms with Crippen LogP contribution in [-0.2, 0) is 9.53 Å². The van der Waals surface area contributed by atoms with E-state index >= 15 is 0 Å². The van der Waals surface area contributed by atoms with Crippen LogP contribution in [0, 0.1) is 18.3 Å². The molecule has 0 aromatic heterocycles. The van der Waals surface area contributed by atoms with Gasteiger partial charge in [-0.1, -0.05) is 6.07 Å².